The highest BCUT2D eigenvalue weighted by Gasteiger charge is 2.45. The van der Waals surface area contributed by atoms with Crippen molar-refractivity contribution in [3.05, 3.63) is 75.4 Å². The minimum Gasteiger partial charge on any atom is -0.391 e. The molecule has 2 N–H and O–H groups in total. The number of carbonyl (C=O) groups is 3. The van der Waals surface area contributed by atoms with Gasteiger partial charge in [-0.05, 0) is 47.7 Å². The van der Waals surface area contributed by atoms with Gasteiger partial charge in [0, 0.05) is 36.6 Å². The van der Waals surface area contributed by atoms with Gasteiger partial charge in [0.15, 0.2) is 0 Å². The van der Waals surface area contributed by atoms with Crippen molar-refractivity contribution in [1.82, 2.24) is 20.1 Å². The van der Waals surface area contributed by atoms with Gasteiger partial charge in [-0.25, -0.2) is 4.98 Å². The number of halogens is 1. The zero-order valence-electron chi connectivity index (χ0n) is 22.1. The Labute approximate surface area is 236 Å². The lowest BCUT2D eigenvalue weighted by Crippen LogP contribution is -2.55. The molecule has 8 nitrogen and oxygen atoms in total. The van der Waals surface area contributed by atoms with Gasteiger partial charge >= 0.3 is 0 Å². The lowest BCUT2D eigenvalue weighted by molar-refractivity contribution is -0.143. The van der Waals surface area contributed by atoms with Gasteiger partial charge in [-0.1, -0.05) is 49.7 Å². The number of β-amino-alcohol motifs (C(OH)–C–C–N with tert-alkyl or cyclic N) is 1. The number of fused-ring (bicyclic) bond motifs is 1. The molecule has 39 heavy (non-hydrogen) atoms. The Morgan fingerprint density at radius 2 is 1.95 bits per heavy atom. The first-order chi connectivity index (χ1) is 18.6. The van der Waals surface area contributed by atoms with Gasteiger partial charge in [0.05, 0.1) is 22.2 Å². The van der Waals surface area contributed by atoms with E-state index in [2.05, 4.69) is 10.3 Å². The number of aryl methyl sites for hydroxylation is 1. The summed E-state index contributed by atoms with van der Waals surface area (Å²) >= 11 is 7.71. The molecule has 1 fully saturated rings. The lowest BCUT2D eigenvalue weighted by Gasteiger charge is -2.35. The molecule has 3 aromatic rings. The monoisotopic (exact) mass is 566 g/mol. The molecule has 0 spiro atoms. The average molecular weight is 567 g/mol. The maximum atomic E-state index is 13.9. The summed E-state index contributed by atoms with van der Waals surface area (Å²) in [5, 5.41) is 13.9. The summed E-state index contributed by atoms with van der Waals surface area (Å²) in [5.41, 5.74) is 6.10. The molecule has 5 rings (SSSR count). The van der Waals surface area contributed by atoms with Crippen LogP contribution in [0.5, 0.6) is 0 Å². The number of thiazole rings is 1. The maximum Gasteiger partial charge on any atom is 0.255 e. The topological polar surface area (TPSA) is 103 Å². The van der Waals surface area contributed by atoms with Gasteiger partial charge in [-0.15, -0.1) is 11.3 Å². The summed E-state index contributed by atoms with van der Waals surface area (Å²) in [7, 11) is 0. The van der Waals surface area contributed by atoms with Crippen LogP contribution in [0.25, 0.3) is 10.4 Å². The smallest absolute Gasteiger partial charge is 0.255 e. The highest BCUT2D eigenvalue weighted by Crippen LogP contribution is 2.32. The van der Waals surface area contributed by atoms with E-state index in [0.29, 0.717) is 17.1 Å². The van der Waals surface area contributed by atoms with E-state index in [1.165, 1.54) is 4.90 Å². The number of hydrogen-bond acceptors (Lipinski definition) is 6. The minimum absolute atomic E-state index is 0.0455. The minimum atomic E-state index is -0.817. The number of benzene rings is 2. The van der Waals surface area contributed by atoms with Crippen molar-refractivity contribution in [2.24, 2.45) is 5.92 Å². The van der Waals surface area contributed by atoms with Crippen molar-refractivity contribution >= 4 is 40.7 Å². The van der Waals surface area contributed by atoms with Gasteiger partial charge in [0.1, 0.15) is 12.1 Å². The number of aliphatic hydroxyl groups is 1. The summed E-state index contributed by atoms with van der Waals surface area (Å²) in [6.07, 6.45) is -0.666. The van der Waals surface area contributed by atoms with Crippen LogP contribution in [0.15, 0.2) is 48.0 Å². The van der Waals surface area contributed by atoms with Gasteiger partial charge in [-0.2, -0.15) is 0 Å². The van der Waals surface area contributed by atoms with Gasteiger partial charge in [-0.3, -0.25) is 14.4 Å². The van der Waals surface area contributed by atoms with Crippen LogP contribution in [-0.2, 0) is 22.7 Å². The van der Waals surface area contributed by atoms with E-state index in [1.807, 2.05) is 50.5 Å². The molecular formula is C29H31ClN4O4S. The second-order valence-electron chi connectivity index (χ2n) is 10.5. The molecule has 2 aliphatic rings. The van der Waals surface area contributed by atoms with Crippen molar-refractivity contribution in [3.63, 3.8) is 0 Å². The largest absolute Gasteiger partial charge is 0.391 e. The first-order valence-corrected chi connectivity index (χ1v) is 14.2. The summed E-state index contributed by atoms with van der Waals surface area (Å²) < 4.78 is 0. The lowest BCUT2D eigenvalue weighted by atomic mass is 10.0. The number of rotatable bonds is 7. The molecule has 0 aliphatic carbocycles. The second kappa shape index (κ2) is 11.1. The van der Waals surface area contributed by atoms with Crippen LogP contribution in [0.2, 0.25) is 5.02 Å². The molecule has 0 bridgehead atoms. The van der Waals surface area contributed by atoms with E-state index in [1.54, 1.807) is 34.4 Å². The molecule has 1 aromatic heterocycles. The van der Waals surface area contributed by atoms with E-state index in [-0.39, 0.29) is 43.1 Å². The van der Waals surface area contributed by atoms with E-state index in [9.17, 15) is 19.5 Å². The quantitative estimate of drug-likeness (QED) is 0.449. The van der Waals surface area contributed by atoms with Crippen LogP contribution in [0, 0.1) is 12.8 Å². The van der Waals surface area contributed by atoms with Crippen LogP contribution < -0.4 is 5.32 Å². The van der Waals surface area contributed by atoms with Crippen LogP contribution >= 0.6 is 22.9 Å². The SMILES string of the molecule is Cc1ncsc1-c1ccc(CNC(=O)[C@@H]2C[C@@H](O)CN2C(=O)C(C(C)C)N2Cc3cc(Cl)ccc3C2=O)cc1. The van der Waals surface area contributed by atoms with Crippen LogP contribution in [0.1, 0.15) is 47.4 Å². The molecule has 0 radical (unpaired) electrons. The number of carbonyl (C=O) groups excluding carboxylic acids is 3. The molecule has 10 heteroatoms. The molecule has 2 aromatic carbocycles. The first kappa shape index (κ1) is 27.3. The molecule has 2 aliphatic heterocycles. The Morgan fingerprint density at radius 3 is 2.62 bits per heavy atom. The fourth-order valence-electron chi connectivity index (χ4n) is 5.45. The zero-order chi connectivity index (χ0) is 27.8. The molecular weight excluding hydrogens is 536 g/mol. The van der Waals surface area contributed by atoms with Crippen molar-refractivity contribution in [2.75, 3.05) is 6.54 Å². The van der Waals surface area contributed by atoms with Crippen LogP contribution in [-0.4, -0.2) is 62.3 Å². The number of amides is 3. The van der Waals surface area contributed by atoms with E-state index in [0.717, 1.165) is 27.3 Å². The van der Waals surface area contributed by atoms with Gasteiger partial charge in [0.25, 0.3) is 5.91 Å². The van der Waals surface area contributed by atoms with Crippen molar-refractivity contribution in [3.8, 4) is 10.4 Å². The highest BCUT2D eigenvalue weighted by molar-refractivity contribution is 7.13. The summed E-state index contributed by atoms with van der Waals surface area (Å²) in [6.45, 7) is 6.34. The number of hydrogen-bond donors (Lipinski definition) is 2. The molecule has 1 saturated heterocycles. The fraction of sp³-hybridized carbons (Fsp3) is 0.379. The molecule has 1 unspecified atom stereocenters. The first-order valence-electron chi connectivity index (χ1n) is 13.0. The number of nitrogens with one attached hydrogen (secondary N) is 1. The van der Waals surface area contributed by atoms with Crippen molar-refractivity contribution in [2.45, 2.75) is 58.5 Å². The Bertz CT molecular complexity index is 1410. The maximum absolute atomic E-state index is 13.9. The number of likely N-dealkylation sites (tertiary alicyclic amines) is 1. The normalized spacial score (nSPS) is 19.5. The number of aliphatic hydroxyl groups excluding tert-OH is 1. The number of nitrogens with zero attached hydrogens (tertiary/aromatic N) is 3. The molecule has 3 atom stereocenters. The summed E-state index contributed by atoms with van der Waals surface area (Å²) in [6, 6.07) is 11.4. The zero-order valence-corrected chi connectivity index (χ0v) is 23.6. The fourth-order valence-corrected chi connectivity index (χ4v) is 6.46. The van der Waals surface area contributed by atoms with E-state index >= 15 is 0 Å². The van der Waals surface area contributed by atoms with E-state index < -0.39 is 18.2 Å². The highest BCUT2D eigenvalue weighted by atomic mass is 35.5. The predicted molar refractivity (Wildman–Crippen MR) is 150 cm³/mol. The Hall–Kier alpha value is -3.27. The van der Waals surface area contributed by atoms with Gasteiger partial charge in [0.2, 0.25) is 11.8 Å². The van der Waals surface area contributed by atoms with Crippen molar-refractivity contribution < 1.29 is 19.5 Å². The Balaban J connectivity index is 1.28. The summed E-state index contributed by atoms with van der Waals surface area (Å²) in [5.74, 6) is -1.09. The standard InChI is InChI=1S/C29H31ClN4O4S/c1-16(2)25(34-13-20-10-21(30)8-9-23(20)28(34)37)29(38)33-14-22(35)11-24(33)27(36)31-12-18-4-6-19(7-5-18)26-17(3)32-15-39-26/h4-10,15-16,22,24-25,35H,11-14H2,1-3H3,(H,31,36)/t22-,24+,25?/m1/s1. The van der Waals surface area contributed by atoms with E-state index in [4.69, 9.17) is 11.6 Å². The molecule has 204 valence electrons. The Morgan fingerprint density at radius 1 is 1.21 bits per heavy atom. The Kier molecular flexibility index (Phi) is 7.75. The van der Waals surface area contributed by atoms with Crippen molar-refractivity contribution in [1.29, 1.82) is 0 Å². The predicted octanol–water partition coefficient (Wildman–Crippen LogP) is 4.03. The second-order valence-corrected chi connectivity index (χ2v) is 11.8. The average Bonchev–Trinajstić information content (AvgIpc) is 3.59. The number of aromatic nitrogens is 1. The third-order valence-electron chi connectivity index (χ3n) is 7.41. The third kappa shape index (κ3) is 5.44. The third-order valence-corrected chi connectivity index (χ3v) is 8.63. The van der Waals surface area contributed by atoms with Gasteiger partial charge < -0.3 is 20.2 Å². The summed E-state index contributed by atoms with van der Waals surface area (Å²) in [4.78, 5) is 48.7. The van der Waals surface area contributed by atoms with Crippen LogP contribution in [0.4, 0.5) is 0 Å². The van der Waals surface area contributed by atoms with Crippen LogP contribution in [0.3, 0.4) is 0 Å². The molecule has 0 saturated carbocycles. The molecule has 3 heterocycles. The molecule has 3 amide bonds.